The molecule has 1 heterocycles. The van der Waals surface area contributed by atoms with Crippen molar-refractivity contribution in [2.75, 3.05) is 18.1 Å². The Bertz CT molecular complexity index is 1090. The van der Waals surface area contributed by atoms with Gasteiger partial charge in [-0.25, -0.2) is 4.79 Å². The lowest BCUT2D eigenvalue weighted by molar-refractivity contribution is -0.149. The Labute approximate surface area is 197 Å². The van der Waals surface area contributed by atoms with Gasteiger partial charge in [0.05, 0.1) is 18.4 Å². The molecule has 0 unspecified atom stereocenters. The number of carbonyl (C=O) groups excluding carboxylic acids is 3. The van der Waals surface area contributed by atoms with Gasteiger partial charge in [-0.15, -0.1) is 0 Å². The highest BCUT2D eigenvalue weighted by atomic mass is 32.1. The molecule has 0 saturated carbocycles. The molecular formula is C24H24N2O6S. The first-order valence-corrected chi connectivity index (χ1v) is 10.8. The van der Waals surface area contributed by atoms with Crippen LogP contribution in [0, 0.1) is 0 Å². The molecule has 0 bridgehead atoms. The van der Waals surface area contributed by atoms with Crippen LogP contribution in [0.5, 0.6) is 11.5 Å². The molecule has 1 saturated heterocycles. The normalized spacial score (nSPS) is 15.0. The Morgan fingerprint density at radius 2 is 1.82 bits per heavy atom. The van der Waals surface area contributed by atoms with Gasteiger partial charge in [-0.05, 0) is 68.9 Å². The molecule has 9 heteroatoms. The number of benzene rings is 2. The molecule has 8 nitrogen and oxygen atoms in total. The zero-order valence-corrected chi connectivity index (χ0v) is 19.3. The maximum atomic E-state index is 13.1. The van der Waals surface area contributed by atoms with Gasteiger partial charge in [0.2, 0.25) is 0 Å². The smallest absolute Gasteiger partial charge is 0.344 e. The summed E-state index contributed by atoms with van der Waals surface area (Å²) in [5.41, 5.74) is 1.01. The summed E-state index contributed by atoms with van der Waals surface area (Å²) >= 11 is 5.23. The van der Waals surface area contributed by atoms with E-state index in [1.54, 1.807) is 62.4 Å². The van der Waals surface area contributed by atoms with E-state index in [4.69, 9.17) is 26.4 Å². The molecule has 0 aliphatic carbocycles. The Morgan fingerprint density at radius 1 is 1.09 bits per heavy atom. The van der Waals surface area contributed by atoms with Crippen molar-refractivity contribution >= 4 is 46.9 Å². The lowest BCUT2D eigenvalue weighted by atomic mass is 10.1. The maximum Gasteiger partial charge on any atom is 0.344 e. The Hall–Kier alpha value is -3.72. The highest BCUT2D eigenvalue weighted by Crippen LogP contribution is 2.26. The van der Waals surface area contributed by atoms with Crippen LogP contribution >= 0.6 is 12.2 Å². The second-order valence-electron chi connectivity index (χ2n) is 7.28. The summed E-state index contributed by atoms with van der Waals surface area (Å²) in [6, 6.07) is 13.5. The largest absolute Gasteiger partial charge is 0.494 e. The fourth-order valence-electron chi connectivity index (χ4n) is 3.04. The number of rotatable bonds is 8. The number of carbonyl (C=O) groups is 3. The molecule has 1 fully saturated rings. The lowest BCUT2D eigenvalue weighted by Crippen LogP contribution is -2.54. The monoisotopic (exact) mass is 468 g/mol. The van der Waals surface area contributed by atoms with Crippen LogP contribution in [-0.2, 0) is 19.1 Å². The van der Waals surface area contributed by atoms with E-state index >= 15 is 0 Å². The predicted octanol–water partition coefficient (Wildman–Crippen LogP) is 3.25. The van der Waals surface area contributed by atoms with E-state index in [2.05, 4.69) is 5.32 Å². The molecule has 2 aromatic carbocycles. The van der Waals surface area contributed by atoms with Gasteiger partial charge in [-0.1, -0.05) is 18.2 Å². The van der Waals surface area contributed by atoms with Gasteiger partial charge in [0.25, 0.3) is 11.8 Å². The van der Waals surface area contributed by atoms with Gasteiger partial charge >= 0.3 is 5.97 Å². The zero-order chi connectivity index (χ0) is 24.0. The molecule has 33 heavy (non-hydrogen) atoms. The summed E-state index contributed by atoms with van der Waals surface area (Å²) in [7, 11) is 0. The van der Waals surface area contributed by atoms with Gasteiger partial charge in [0.15, 0.2) is 11.7 Å². The molecule has 0 radical (unpaired) electrons. The van der Waals surface area contributed by atoms with Crippen molar-refractivity contribution in [3.8, 4) is 11.5 Å². The maximum absolute atomic E-state index is 13.1. The molecule has 1 aliphatic rings. The third-order valence-electron chi connectivity index (χ3n) is 4.40. The summed E-state index contributed by atoms with van der Waals surface area (Å²) in [5.74, 6) is -0.563. The van der Waals surface area contributed by atoms with Crippen molar-refractivity contribution < 1.29 is 28.6 Å². The summed E-state index contributed by atoms with van der Waals surface area (Å²) < 4.78 is 15.9. The fraction of sp³-hybridized carbons (Fsp3) is 0.250. The number of nitrogens with zero attached hydrogens (tertiary/aromatic N) is 1. The molecule has 3 rings (SSSR count). The van der Waals surface area contributed by atoms with Crippen LogP contribution in [0.2, 0.25) is 0 Å². The van der Waals surface area contributed by atoms with Crippen molar-refractivity contribution in [1.82, 2.24) is 5.32 Å². The molecule has 0 atom stereocenters. The van der Waals surface area contributed by atoms with Crippen LogP contribution in [0.4, 0.5) is 5.69 Å². The second-order valence-corrected chi connectivity index (χ2v) is 7.67. The van der Waals surface area contributed by atoms with Crippen molar-refractivity contribution in [2.45, 2.75) is 26.9 Å². The summed E-state index contributed by atoms with van der Waals surface area (Å²) in [6.07, 6.45) is 1.25. The lowest BCUT2D eigenvalue weighted by Gasteiger charge is -2.29. The van der Waals surface area contributed by atoms with Crippen molar-refractivity contribution in [3.05, 3.63) is 59.7 Å². The number of thiocarbonyl (C=S) groups is 1. The Morgan fingerprint density at radius 3 is 2.48 bits per heavy atom. The first-order chi connectivity index (χ1) is 15.8. The van der Waals surface area contributed by atoms with Crippen molar-refractivity contribution in [3.63, 3.8) is 0 Å². The van der Waals surface area contributed by atoms with E-state index in [1.165, 1.54) is 11.0 Å². The van der Waals surface area contributed by atoms with Gasteiger partial charge < -0.3 is 14.2 Å². The van der Waals surface area contributed by atoms with Crippen LogP contribution in [0.25, 0.3) is 6.08 Å². The summed E-state index contributed by atoms with van der Waals surface area (Å²) in [5, 5.41) is 2.55. The number of anilines is 1. The molecular weight excluding hydrogens is 444 g/mol. The first-order valence-electron chi connectivity index (χ1n) is 10.3. The van der Waals surface area contributed by atoms with E-state index < -0.39 is 17.8 Å². The zero-order valence-electron chi connectivity index (χ0n) is 18.5. The van der Waals surface area contributed by atoms with Gasteiger partial charge in [0, 0.05) is 6.07 Å². The van der Waals surface area contributed by atoms with Crippen molar-refractivity contribution in [1.29, 1.82) is 0 Å². The van der Waals surface area contributed by atoms with Crippen LogP contribution in [0.15, 0.2) is 54.1 Å². The van der Waals surface area contributed by atoms with Gasteiger partial charge in [0.1, 0.15) is 17.1 Å². The Balaban J connectivity index is 1.77. The molecule has 2 aromatic rings. The minimum Gasteiger partial charge on any atom is -0.494 e. The SMILES string of the molecule is CCOc1cccc(N2C(=O)/C(=C/c3ccc(OCC(=O)OC(C)C)cc3)C(=O)NC2=S)c1. The molecule has 0 spiro atoms. The Kier molecular flexibility index (Phi) is 7.78. The topological polar surface area (TPSA) is 94.2 Å². The molecule has 1 N–H and O–H groups in total. The second kappa shape index (κ2) is 10.7. The number of hydrogen-bond acceptors (Lipinski definition) is 7. The van der Waals surface area contributed by atoms with E-state index in [9.17, 15) is 14.4 Å². The van der Waals surface area contributed by atoms with Crippen LogP contribution in [0.3, 0.4) is 0 Å². The van der Waals surface area contributed by atoms with Gasteiger partial charge in [-0.2, -0.15) is 0 Å². The van der Waals surface area contributed by atoms with E-state index in [0.29, 0.717) is 29.4 Å². The van der Waals surface area contributed by atoms with E-state index in [-0.39, 0.29) is 23.4 Å². The van der Waals surface area contributed by atoms with Crippen molar-refractivity contribution in [2.24, 2.45) is 0 Å². The average Bonchev–Trinajstić information content (AvgIpc) is 2.76. The highest BCUT2D eigenvalue weighted by Gasteiger charge is 2.34. The highest BCUT2D eigenvalue weighted by molar-refractivity contribution is 7.80. The van der Waals surface area contributed by atoms with Gasteiger partial charge in [-0.3, -0.25) is 19.8 Å². The minimum atomic E-state index is -0.584. The number of nitrogens with one attached hydrogen (secondary N) is 1. The number of esters is 1. The number of hydrogen-bond donors (Lipinski definition) is 1. The predicted molar refractivity (Wildman–Crippen MR) is 127 cm³/mol. The molecule has 2 amide bonds. The van der Waals surface area contributed by atoms with Crippen LogP contribution in [-0.4, -0.2) is 42.2 Å². The van der Waals surface area contributed by atoms with E-state index in [1.807, 2.05) is 6.92 Å². The fourth-order valence-corrected chi connectivity index (χ4v) is 3.32. The number of ether oxygens (including phenoxy) is 3. The number of amides is 2. The van der Waals surface area contributed by atoms with Crippen LogP contribution < -0.4 is 19.7 Å². The summed E-state index contributed by atoms with van der Waals surface area (Å²) in [4.78, 5) is 38.5. The quantitative estimate of drug-likeness (QED) is 0.275. The average molecular weight is 469 g/mol. The third-order valence-corrected chi connectivity index (χ3v) is 4.69. The standard InChI is InChI=1S/C24H24N2O6S/c1-4-30-19-7-5-6-17(13-19)26-23(29)20(22(28)25-24(26)33)12-16-8-10-18(11-9-16)31-14-21(27)32-15(2)3/h5-13,15H,4,14H2,1-3H3,(H,25,28,33)/b20-12+. The first kappa shape index (κ1) is 23.9. The molecule has 1 aliphatic heterocycles. The summed E-state index contributed by atoms with van der Waals surface area (Å²) in [6.45, 7) is 5.63. The van der Waals surface area contributed by atoms with Crippen LogP contribution in [0.1, 0.15) is 26.3 Å². The third kappa shape index (κ3) is 6.17. The molecule has 0 aromatic heterocycles. The van der Waals surface area contributed by atoms with E-state index in [0.717, 1.165) is 0 Å². The molecule has 172 valence electrons. The minimum absolute atomic E-state index is 0.00664.